The third-order valence-corrected chi connectivity index (χ3v) is 4.44. The van der Waals surface area contributed by atoms with Gasteiger partial charge in [-0.15, -0.1) is 0 Å². The quantitative estimate of drug-likeness (QED) is 0.902. The normalized spacial score (nSPS) is 18.8. The van der Waals surface area contributed by atoms with Gasteiger partial charge in [-0.3, -0.25) is 9.48 Å². The third-order valence-electron chi connectivity index (χ3n) is 4.44. The van der Waals surface area contributed by atoms with Crippen LogP contribution in [0.3, 0.4) is 0 Å². The van der Waals surface area contributed by atoms with Crippen LogP contribution in [0.5, 0.6) is 0 Å². The second-order valence-electron chi connectivity index (χ2n) is 7.67. The maximum Gasteiger partial charge on any atom is 0.410 e. The van der Waals surface area contributed by atoms with E-state index in [-0.39, 0.29) is 18.7 Å². The number of aryl methyl sites for hydroxylation is 1. The Morgan fingerprint density at radius 3 is 2.52 bits per heavy atom. The second kappa shape index (κ2) is 7.45. The standard InChI is InChI=1S/C18H29N3O4/c1-12-16(13(2)21(19-12)11-15(22)23)14-9-7-6-8-10-20(14)17(24)25-18(3,4)5/h14H,6-11H2,1-5H3,(H,22,23)/t14-/m1/s1. The number of ether oxygens (including phenoxy) is 1. The summed E-state index contributed by atoms with van der Waals surface area (Å²) in [5.41, 5.74) is 1.99. The van der Waals surface area contributed by atoms with Gasteiger partial charge in [-0.1, -0.05) is 12.8 Å². The molecule has 25 heavy (non-hydrogen) atoms. The van der Waals surface area contributed by atoms with Gasteiger partial charge in [0.2, 0.25) is 0 Å². The Kier molecular flexibility index (Phi) is 5.75. The molecule has 1 aromatic heterocycles. The molecule has 140 valence electrons. The average Bonchev–Trinajstić information content (AvgIpc) is 2.65. The summed E-state index contributed by atoms with van der Waals surface area (Å²) in [4.78, 5) is 25.6. The maximum absolute atomic E-state index is 12.7. The Morgan fingerprint density at radius 2 is 1.92 bits per heavy atom. The van der Waals surface area contributed by atoms with Crippen molar-refractivity contribution in [3.05, 3.63) is 17.0 Å². The van der Waals surface area contributed by atoms with Crippen molar-refractivity contribution in [1.82, 2.24) is 14.7 Å². The highest BCUT2D eigenvalue weighted by Crippen LogP contribution is 2.35. The molecule has 2 heterocycles. The number of nitrogens with zero attached hydrogens (tertiary/aromatic N) is 3. The molecule has 0 saturated carbocycles. The van der Waals surface area contributed by atoms with Crippen molar-refractivity contribution in [3.63, 3.8) is 0 Å². The smallest absolute Gasteiger partial charge is 0.410 e. The minimum absolute atomic E-state index is 0.125. The molecule has 7 heteroatoms. The van der Waals surface area contributed by atoms with E-state index < -0.39 is 11.6 Å². The van der Waals surface area contributed by atoms with E-state index in [1.54, 1.807) is 4.90 Å². The van der Waals surface area contributed by atoms with Gasteiger partial charge in [-0.05, 0) is 47.5 Å². The summed E-state index contributed by atoms with van der Waals surface area (Å²) in [5, 5.41) is 13.5. The summed E-state index contributed by atoms with van der Waals surface area (Å²) in [5.74, 6) is -0.929. The molecule has 1 amide bonds. The van der Waals surface area contributed by atoms with Crippen molar-refractivity contribution in [2.45, 2.75) is 78.5 Å². The van der Waals surface area contributed by atoms with Gasteiger partial charge in [0.15, 0.2) is 0 Å². The van der Waals surface area contributed by atoms with E-state index in [9.17, 15) is 9.59 Å². The summed E-state index contributed by atoms with van der Waals surface area (Å²) in [6.07, 6.45) is 3.55. The lowest BCUT2D eigenvalue weighted by Gasteiger charge is -2.32. The molecule has 1 aliphatic heterocycles. The highest BCUT2D eigenvalue weighted by atomic mass is 16.6. The van der Waals surface area contributed by atoms with E-state index in [0.29, 0.717) is 6.54 Å². The molecule has 1 N–H and O–H groups in total. The van der Waals surface area contributed by atoms with Gasteiger partial charge in [0.1, 0.15) is 12.1 Å². The van der Waals surface area contributed by atoms with Crippen LogP contribution in [0, 0.1) is 13.8 Å². The molecule has 1 aliphatic rings. The van der Waals surface area contributed by atoms with Gasteiger partial charge >= 0.3 is 12.1 Å². The maximum atomic E-state index is 12.7. The van der Waals surface area contributed by atoms with E-state index in [2.05, 4.69) is 5.10 Å². The van der Waals surface area contributed by atoms with Crippen LogP contribution in [-0.2, 0) is 16.1 Å². The van der Waals surface area contributed by atoms with Crippen LogP contribution in [0.25, 0.3) is 0 Å². The zero-order valence-electron chi connectivity index (χ0n) is 15.8. The van der Waals surface area contributed by atoms with Crippen LogP contribution in [0.2, 0.25) is 0 Å². The molecule has 1 fully saturated rings. The SMILES string of the molecule is Cc1nn(CC(=O)O)c(C)c1[C@H]1CCCCCN1C(=O)OC(C)(C)C. The molecule has 1 saturated heterocycles. The van der Waals surface area contributed by atoms with E-state index in [1.807, 2.05) is 34.6 Å². The largest absolute Gasteiger partial charge is 0.480 e. The van der Waals surface area contributed by atoms with Crippen LogP contribution in [0.1, 0.15) is 69.4 Å². The summed E-state index contributed by atoms with van der Waals surface area (Å²) >= 11 is 0. The van der Waals surface area contributed by atoms with Crippen molar-refractivity contribution in [1.29, 1.82) is 0 Å². The zero-order chi connectivity index (χ0) is 18.8. The summed E-state index contributed by atoms with van der Waals surface area (Å²) in [6, 6.07) is -0.125. The summed E-state index contributed by atoms with van der Waals surface area (Å²) in [6.45, 7) is 9.79. The van der Waals surface area contributed by atoms with Gasteiger partial charge in [0, 0.05) is 17.8 Å². The highest BCUT2D eigenvalue weighted by Gasteiger charge is 2.33. The minimum atomic E-state index is -0.929. The first-order valence-corrected chi connectivity index (χ1v) is 8.85. The summed E-state index contributed by atoms with van der Waals surface area (Å²) < 4.78 is 7.11. The number of likely N-dealkylation sites (tertiary alicyclic amines) is 1. The lowest BCUT2D eigenvalue weighted by molar-refractivity contribution is -0.137. The van der Waals surface area contributed by atoms with Crippen molar-refractivity contribution in [2.24, 2.45) is 0 Å². The molecule has 1 atom stereocenters. The van der Waals surface area contributed by atoms with Gasteiger partial charge in [-0.2, -0.15) is 5.10 Å². The fourth-order valence-corrected chi connectivity index (χ4v) is 3.42. The number of aromatic nitrogens is 2. The Bertz CT molecular complexity index is 645. The number of hydrogen-bond donors (Lipinski definition) is 1. The Hall–Kier alpha value is -2.05. The van der Waals surface area contributed by atoms with Crippen molar-refractivity contribution >= 4 is 12.1 Å². The Morgan fingerprint density at radius 1 is 1.24 bits per heavy atom. The number of carbonyl (C=O) groups excluding carboxylic acids is 1. The number of hydrogen-bond acceptors (Lipinski definition) is 4. The fourth-order valence-electron chi connectivity index (χ4n) is 3.42. The van der Waals surface area contributed by atoms with Crippen LogP contribution >= 0.6 is 0 Å². The number of amides is 1. The van der Waals surface area contributed by atoms with Crippen molar-refractivity contribution in [3.8, 4) is 0 Å². The molecule has 0 radical (unpaired) electrons. The first-order valence-electron chi connectivity index (χ1n) is 8.85. The highest BCUT2D eigenvalue weighted by molar-refractivity contribution is 5.69. The van der Waals surface area contributed by atoms with Gasteiger partial charge in [0.25, 0.3) is 0 Å². The predicted octanol–water partition coefficient (Wildman–Crippen LogP) is 3.44. The van der Waals surface area contributed by atoms with Gasteiger partial charge < -0.3 is 14.7 Å². The molecular formula is C18H29N3O4. The second-order valence-corrected chi connectivity index (χ2v) is 7.67. The van der Waals surface area contributed by atoms with E-state index in [4.69, 9.17) is 9.84 Å². The molecule has 0 unspecified atom stereocenters. The molecule has 1 aromatic rings. The minimum Gasteiger partial charge on any atom is -0.480 e. The summed E-state index contributed by atoms with van der Waals surface area (Å²) in [7, 11) is 0. The fraction of sp³-hybridized carbons (Fsp3) is 0.722. The molecule has 7 nitrogen and oxygen atoms in total. The monoisotopic (exact) mass is 351 g/mol. The first-order chi connectivity index (χ1) is 11.6. The van der Waals surface area contributed by atoms with E-state index >= 15 is 0 Å². The van der Waals surface area contributed by atoms with Crippen LogP contribution < -0.4 is 0 Å². The first kappa shape index (κ1) is 19.3. The number of aliphatic carboxylic acids is 1. The Labute approximate surface area is 148 Å². The molecule has 2 rings (SSSR count). The predicted molar refractivity (Wildman–Crippen MR) is 93.5 cm³/mol. The third kappa shape index (κ3) is 4.74. The topological polar surface area (TPSA) is 84.7 Å². The Balaban J connectivity index is 2.37. The number of rotatable bonds is 3. The van der Waals surface area contributed by atoms with Crippen molar-refractivity contribution < 1.29 is 19.4 Å². The van der Waals surface area contributed by atoms with Gasteiger partial charge in [0.05, 0.1) is 11.7 Å². The zero-order valence-corrected chi connectivity index (χ0v) is 15.8. The molecular weight excluding hydrogens is 322 g/mol. The van der Waals surface area contributed by atoms with Crippen molar-refractivity contribution in [2.75, 3.05) is 6.54 Å². The molecule has 0 spiro atoms. The number of carboxylic acid groups (broad SMARTS) is 1. The van der Waals surface area contributed by atoms with Crippen LogP contribution in [-0.4, -0.2) is 44.0 Å². The average molecular weight is 351 g/mol. The molecule has 0 bridgehead atoms. The lowest BCUT2D eigenvalue weighted by Crippen LogP contribution is -2.39. The number of carbonyl (C=O) groups is 2. The van der Waals surface area contributed by atoms with Gasteiger partial charge in [-0.25, -0.2) is 4.79 Å². The molecule has 0 aromatic carbocycles. The molecule has 0 aliphatic carbocycles. The van der Waals surface area contributed by atoms with E-state index in [0.717, 1.165) is 42.6 Å². The van der Waals surface area contributed by atoms with Crippen LogP contribution in [0.4, 0.5) is 4.79 Å². The van der Waals surface area contributed by atoms with E-state index in [1.165, 1.54) is 4.68 Å². The lowest BCUT2D eigenvalue weighted by atomic mass is 9.99. The van der Waals surface area contributed by atoms with Crippen LogP contribution in [0.15, 0.2) is 0 Å². The number of carboxylic acids is 1.